The molecular formula is C15H23ClN2O2S. The zero-order valence-corrected chi connectivity index (χ0v) is 14.0. The summed E-state index contributed by atoms with van der Waals surface area (Å²) in [6.07, 6.45) is 5.22. The van der Waals surface area contributed by atoms with Crippen LogP contribution < -0.4 is 5.73 Å². The first kappa shape index (κ1) is 16.7. The molecule has 0 spiro atoms. The van der Waals surface area contributed by atoms with Crippen LogP contribution in [-0.4, -0.2) is 25.8 Å². The number of benzene rings is 1. The van der Waals surface area contributed by atoms with Gasteiger partial charge < -0.3 is 5.73 Å². The van der Waals surface area contributed by atoms with Crippen molar-refractivity contribution < 1.29 is 8.42 Å². The minimum absolute atomic E-state index is 0.287. The average molecular weight is 331 g/mol. The van der Waals surface area contributed by atoms with Crippen LogP contribution in [0, 0.1) is 6.92 Å². The summed E-state index contributed by atoms with van der Waals surface area (Å²) in [5.41, 5.74) is 7.19. The third-order valence-electron chi connectivity index (χ3n) is 4.09. The molecule has 1 aliphatic rings. The van der Waals surface area contributed by atoms with Crippen LogP contribution in [0.25, 0.3) is 0 Å². The lowest BCUT2D eigenvalue weighted by atomic mass is 10.1. The van der Waals surface area contributed by atoms with Crippen LogP contribution >= 0.6 is 11.6 Å². The molecule has 0 aromatic heterocycles. The molecule has 4 nitrogen and oxygen atoms in total. The van der Waals surface area contributed by atoms with Gasteiger partial charge in [-0.15, -0.1) is 0 Å². The number of rotatable bonds is 3. The predicted octanol–water partition coefficient (Wildman–Crippen LogP) is 3.06. The van der Waals surface area contributed by atoms with Crippen molar-refractivity contribution in [2.45, 2.75) is 50.5 Å². The van der Waals surface area contributed by atoms with E-state index in [0.29, 0.717) is 28.6 Å². The van der Waals surface area contributed by atoms with Crippen LogP contribution in [0.15, 0.2) is 17.0 Å². The van der Waals surface area contributed by atoms with Gasteiger partial charge in [-0.3, -0.25) is 0 Å². The van der Waals surface area contributed by atoms with Crippen LogP contribution in [0.1, 0.15) is 43.2 Å². The standard InChI is InChI=1S/C15H23ClN2O2S/c1-12-13(11-17)9-14(16)10-15(12)21(19,20)18-7-5-3-2-4-6-8-18/h9-10H,2-8,11,17H2,1H3. The average Bonchev–Trinajstić information content (AvgIpc) is 2.40. The Kier molecular flexibility index (Phi) is 5.66. The van der Waals surface area contributed by atoms with Crippen molar-refractivity contribution in [2.75, 3.05) is 13.1 Å². The molecule has 0 atom stereocenters. The SMILES string of the molecule is Cc1c(CN)cc(Cl)cc1S(=O)(=O)N1CCCCCCC1. The predicted molar refractivity (Wildman–Crippen MR) is 85.9 cm³/mol. The van der Waals surface area contributed by atoms with Gasteiger partial charge in [0.05, 0.1) is 4.90 Å². The van der Waals surface area contributed by atoms with Crippen molar-refractivity contribution in [3.8, 4) is 0 Å². The topological polar surface area (TPSA) is 63.4 Å². The molecule has 0 unspecified atom stereocenters. The first-order valence-corrected chi connectivity index (χ1v) is 9.28. The molecule has 21 heavy (non-hydrogen) atoms. The summed E-state index contributed by atoms with van der Waals surface area (Å²) >= 11 is 6.07. The van der Waals surface area contributed by atoms with Gasteiger partial charge >= 0.3 is 0 Å². The van der Waals surface area contributed by atoms with Gasteiger partial charge in [0.25, 0.3) is 0 Å². The molecule has 0 saturated carbocycles. The van der Waals surface area contributed by atoms with E-state index in [4.69, 9.17) is 17.3 Å². The van der Waals surface area contributed by atoms with E-state index in [1.165, 1.54) is 6.42 Å². The van der Waals surface area contributed by atoms with Crippen LogP contribution in [0.2, 0.25) is 5.02 Å². The van der Waals surface area contributed by atoms with Gasteiger partial charge in [-0.2, -0.15) is 4.31 Å². The molecule has 0 bridgehead atoms. The zero-order chi connectivity index (χ0) is 15.5. The number of sulfonamides is 1. The van der Waals surface area contributed by atoms with Gasteiger partial charge in [-0.25, -0.2) is 8.42 Å². The number of hydrogen-bond acceptors (Lipinski definition) is 3. The third kappa shape index (κ3) is 3.77. The van der Waals surface area contributed by atoms with Gasteiger partial charge in [0.2, 0.25) is 10.0 Å². The summed E-state index contributed by atoms with van der Waals surface area (Å²) in [4.78, 5) is 0.302. The summed E-state index contributed by atoms with van der Waals surface area (Å²) in [7, 11) is -3.49. The fourth-order valence-electron chi connectivity index (χ4n) is 2.79. The first-order chi connectivity index (χ1) is 9.96. The van der Waals surface area contributed by atoms with Crippen molar-refractivity contribution in [2.24, 2.45) is 5.73 Å². The Morgan fingerprint density at radius 1 is 1.14 bits per heavy atom. The maximum atomic E-state index is 12.9. The molecule has 1 aliphatic heterocycles. The summed E-state index contributed by atoms with van der Waals surface area (Å²) in [6.45, 7) is 3.27. The Labute approximate surface area is 132 Å². The fraction of sp³-hybridized carbons (Fsp3) is 0.600. The normalized spacial score (nSPS) is 18.2. The monoisotopic (exact) mass is 330 g/mol. The van der Waals surface area contributed by atoms with Crippen LogP contribution in [0.3, 0.4) is 0 Å². The van der Waals surface area contributed by atoms with Gasteiger partial charge in [-0.05, 0) is 43.0 Å². The molecule has 1 aromatic carbocycles. The molecule has 118 valence electrons. The van der Waals surface area contributed by atoms with E-state index in [0.717, 1.165) is 31.2 Å². The van der Waals surface area contributed by atoms with Crippen molar-refractivity contribution >= 4 is 21.6 Å². The summed E-state index contributed by atoms with van der Waals surface area (Å²) in [5.74, 6) is 0. The second-order valence-corrected chi connectivity index (χ2v) is 7.91. The number of nitrogens with two attached hydrogens (primary N) is 1. The molecule has 1 heterocycles. The molecule has 0 aliphatic carbocycles. The molecule has 0 radical (unpaired) electrons. The fourth-order valence-corrected chi connectivity index (χ4v) is 4.90. The van der Waals surface area contributed by atoms with E-state index >= 15 is 0 Å². The minimum Gasteiger partial charge on any atom is -0.326 e. The van der Waals surface area contributed by atoms with Crippen molar-refractivity contribution in [1.82, 2.24) is 4.31 Å². The second kappa shape index (κ2) is 7.09. The largest absolute Gasteiger partial charge is 0.326 e. The van der Waals surface area contributed by atoms with Crippen molar-refractivity contribution in [1.29, 1.82) is 0 Å². The zero-order valence-electron chi connectivity index (χ0n) is 12.4. The first-order valence-electron chi connectivity index (χ1n) is 7.46. The molecule has 1 aromatic rings. The minimum atomic E-state index is -3.49. The number of halogens is 1. The van der Waals surface area contributed by atoms with E-state index in [2.05, 4.69) is 0 Å². The Morgan fingerprint density at radius 3 is 2.29 bits per heavy atom. The van der Waals surface area contributed by atoms with Gasteiger partial charge in [0.1, 0.15) is 0 Å². The Bertz CT molecular complexity index is 594. The van der Waals surface area contributed by atoms with Crippen LogP contribution in [0.4, 0.5) is 0 Å². The maximum Gasteiger partial charge on any atom is 0.243 e. The Morgan fingerprint density at radius 2 is 1.71 bits per heavy atom. The molecule has 1 saturated heterocycles. The highest BCUT2D eigenvalue weighted by Crippen LogP contribution is 2.28. The molecule has 6 heteroatoms. The summed E-state index contributed by atoms with van der Waals surface area (Å²) in [6, 6.07) is 3.29. The highest BCUT2D eigenvalue weighted by molar-refractivity contribution is 7.89. The van der Waals surface area contributed by atoms with Crippen LogP contribution in [-0.2, 0) is 16.6 Å². The number of hydrogen-bond donors (Lipinski definition) is 1. The third-order valence-corrected chi connectivity index (χ3v) is 6.33. The molecular weight excluding hydrogens is 308 g/mol. The molecule has 0 amide bonds. The molecule has 2 N–H and O–H groups in total. The molecule has 1 fully saturated rings. The van der Waals surface area contributed by atoms with E-state index in [9.17, 15) is 8.42 Å². The van der Waals surface area contributed by atoms with E-state index in [1.807, 2.05) is 0 Å². The lowest BCUT2D eigenvalue weighted by molar-refractivity contribution is 0.364. The highest BCUT2D eigenvalue weighted by Gasteiger charge is 2.27. The van der Waals surface area contributed by atoms with E-state index in [-0.39, 0.29) is 6.54 Å². The molecule has 2 rings (SSSR count). The number of nitrogens with zero attached hydrogens (tertiary/aromatic N) is 1. The summed E-state index contributed by atoms with van der Waals surface area (Å²) < 4.78 is 27.4. The smallest absolute Gasteiger partial charge is 0.243 e. The lowest BCUT2D eigenvalue weighted by Gasteiger charge is -2.25. The Hall–Kier alpha value is -0.620. The van der Waals surface area contributed by atoms with Crippen molar-refractivity contribution in [3.05, 3.63) is 28.3 Å². The van der Waals surface area contributed by atoms with Crippen molar-refractivity contribution in [3.63, 3.8) is 0 Å². The van der Waals surface area contributed by atoms with Gasteiger partial charge in [0, 0.05) is 24.7 Å². The highest BCUT2D eigenvalue weighted by atomic mass is 35.5. The van der Waals surface area contributed by atoms with E-state index < -0.39 is 10.0 Å². The van der Waals surface area contributed by atoms with E-state index in [1.54, 1.807) is 23.4 Å². The summed E-state index contributed by atoms with van der Waals surface area (Å²) in [5, 5.41) is 0.423. The lowest BCUT2D eigenvalue weighted by Crippen LogP contribution is -2.34. The van der Waals surface area contributed by atoms with Crippen LogP contribution in [0.5, 0.6) is 0 Å². The Balaban J connectivity index is 2.40. The quantitative estimate of drug-likeness (QED) is 0.926. The van der Waals surface area contributed by atoms with Gasteiger partial charge in [-0.1, -0.05) is 30.9 Å². The second-order valence-electron chi connectivity index (χ2n) is 5.56. The van der Waals surface area contributed by atoms with Gasteiger partial charge in [0.15, 0.2) is 0 Å². The maximum absolute atomic E-state index is 12.9.